The van der Waals surface area contributed by atoms with E-state index in [9.17, 15) is 21.6 Å². The molecule has 2 aromatic heterocycles. The van der Waals surface area contributed by atoms with Crippen molar-refractivity contribution in [3.63, 3.8) is 0 Å². The lowest BCUT2D eigenvalue weighted by Gasteiger charge is -2.32. The topological polar surface area (TPSA) is 92.5 Å². The number of alkyl halides is 2. The van der Waals surface area contributed by atoms with Gasteiger partial charge in [0.15, 0.2) is 10.8 Å². The Kier molecular flexibility index (Phi) is 6.98. The molecule has 2 aliphatic rings. The van der Waals surface area contributed by atoms with Crippen molar-refractivity contribution in [1.82, 2.24) is 24.4 Å². The summed E-state index contributed by atoms with van der Waals surface area (Å²) in [6.07, 6.45) is 2.99. The maximum Gasteiger partial charge on any atom is 0.333 e. The van der Waals surface area contributed by atoms with Crippen LogP contribution in [0.25, 0.3) is 5.57 Å². The molecule has 40 heavy (non-hydrogen) atoms. The standard InChI is InChI=1S/C26H20ClF3N6O2S2/c27-19-12-15(28)6-7-18(19)23-22(20-8-10-36(33-20)26(29)30)21-13-16(34-40(37,38)17-4-2-1-3-5-17)14-35(21)24(32-23)25-31-9-11-39-25/h1-12,16,23,26,34H,13-14H2/t16-,23-/m0/s1. The number of aromatic nitrogens is 3. The quantitative estimate of drug-likeness (QED) is 0.301. The Morgan fingerprint density at radius 1 is 1.12 bits per heavy atom. The number of benzene rings is 2. The van der Waals surface area contributed by atoms with Gasteiger partial charge in [0.05, 0.1) is 10.6 Å². The molecule has 1 N–H and O–H groups in total. The number of amidine groups is 1. The van der Waals surface area contributed by atoms with E-state index < -0.39 is 34.5 Å². The first-order chi connectivity index (χ1) is 19.2. The van der Waals surface area contributed by atoms with E-state index in [-0.39, 0.29) is 28.6 Å². The SMILES string of the molecule is O=S(=O)(N[C@H]1CC2=C(c3ccn(C(F)F)n3)[C@H](c3ccc(F)cc3Cl)N=C(c3nccs3)N2C1)c1ccccc1. The predicted molar refractivity (Wildman–Crippen MR) is 145 cm³/mol. The molecular weight excluding hydrogens is 585 g/mol. The zero-order chi connectivity index (χ0) is 28.0. The average molecular weight is 605 g/mol. The Bertz CT molecular complexity index is 1730. The molecule has 2 aliphatic heterocycles. The summed E-state index contributed by atoms with van der Waals surface area (Å²) in [7, 11) is -3.86. The van der Waals surface area contributed by atoms with Gasteiger partial charge >= 0.3 is 6.55 Å². The molecule has 0 radical (unpaired) electrons. The molecule has 0 saturated carbocycles. The summed E-state index contributed by atoms with van der Waals surface area (Å²) in [6.45, 7) is -2.65. The molecule has 0 aliphatic carbocycles. The van der Waals surface area contributed by atoms with Gasteiger partial charge in [-0.25, -0.2) is 27.2 Å². The van der Waals surface area contributed by atoms with Crippen molar-refractivity contribution in [3.8, 4) is 0 Å². The van der Waals surface area contributed by atoms with Crippen LogP contribution in [0.3, 0.4) is 0 Å². The molecule has 206 valence electrons. The van der Waals surface area contributed by atoms with Crippen LogP contribution in [-0.4, -0.2) is 46.5 Å². The van der Waals surface area contributed by atoms with E-state index in [0.717, 1.165) is 12.3 Å². The highest BCUT2D eigenvalue weighted by Crippen LogP contribution is 2.46. The van der Waals surface area contributed by atoms with Crippen molar-refractivity contribution in [3.05, 3.63) is 105 Å². The zero-order valence-electron chi connectivity index (χ0n) is 20.5. The molecule has 8 nitrogen and oxygen atoms in total. The molecular formula is C26H20ClF3N6O2S2. The van der Waals surface area contributed by atoms with E-state index in [2.05, 4.69) is 14.8 Å². The Hall–Kier alpha value is -3.52. The van der Waals surface area contributed by atoms with Gasteiger partial charge in [-0.15, -0.1) is 11.3 Å². The lowest BCUT2D eigenvalue weighted by molar-refractivity contribution is 0.0564. The predicted octanol–water partition coefficient (Wildman–Crippen LogP) is 5.49. The second-order valence-corrected chi connectivity index (χ2v) is 12.1. The molecule has 4 aromatic rings. The summed E-state index contributed by atoms with van der Waals surface area (Å²) in [4.78, 5) is 11.3. The maximum atomic E-state index is 14.0. The van der Waals surface area contributed by atoms with Crippen LogP contribution in [0.1, 0.15) is 35.3 Å². The molecule has 1 saturated heterocycles. The molecule has 0 bridgehead atoms. The van der Waals surface area contributed by atoms with Crippen LogP contribution in [0.4, 0.5) is 13.2 Å². The monoisotopic (exact) mass is 604 g/mol. The van der Waals surface area contributed by atoms with Gasteiger partial charge in [0.25, 0.3) is 0 Å². The lowest BCUT2D eigenvalue weighted by atomic mass is 9.92. The van der Waals surface area contributed by atoms with Gasteiger partial charge in [-0.05, 0) is 30.3 Å². The van der Waals surface area contributed by atoms with Crippen LogP contribution in [0.15, 0.2) is 88.0 Å². The number of nitrogens with zero attached hydrogens (tertiary/aromatic N) is 5. The third kappa shape index (κ3) is 4.94. The zero-order valence-corrected chi connectivity index (χ0v) is 22.8. The molecule has 4 heterocycles. The summed E-state index contributed by atoms with van der Waals surface area (Å²) in [5.74, 6) is -0.0726. The van der Waals surface area contributed by atoms with Crippen molar-refractivity contribution in [2.24, 2.45) is 4.99 Å². The second kappa shape index (κ2) is 10.5. The fraction of sp³-hybridized carbons (Fsp3) is 0.192. The maximum absolute atomic E-state index is 14.0. The number of rotatable bonds is 7. The highest BCUT2D eigenvalue weighted by Gasteiger charge is 2.42. The highest BCUT2D eigenvalue weighted by molar-refractivity contribution is 7.89. The minimum absolute atomic E-state index is 0.103. The van der Waals surface area contributed by atoms with Crippen LogP contribution in [0.5, 0.6) is 0 Å². The van der Waals surface area contributed by atoms with Gasteiger partial charge in [-0.1, -0.05) is 35.9 Å². The molecule has 0 spiro atoms. The summed E-state index contributed by atoms with van der Waals surface area (Å²) in [5, 5.41) is 6.56. The highest BCUT2D eigenvalue weighted by atomic mass is 35.5. The normalized spacial score (nSPS) is 19.3. The largest absolute Gasteiger partial charge is 0.333 e. The second-order valence-electron chi connectivity index (χ2n) is 9.12. The van der Waals surface area contributed by atoms with E-state index in [1.807, 2.05) is 4.90 Å². The van der Waals surface area contributed by atoms with E-state index in [1.54, 1.807) is 29.8 Å². The fourth-order valence-electron chi connectivity index (χ4n) is 4.92. The minimum atomic E-state index is -3.86. The van der Waals surface area contributed by atoms with Crippen molar-refractivity contribution < 1.29 is 21.6 Å². The van der Waals surface area contributed by atoms with Crippen molar-refractivity contribution in [1.29, 1.82) is 0 Å². The first-order valence-electron chi connectivity index (χ1n) is 12.1. The number of thiazole rings is 1. The number of fused-ring (bicyclic) bond motifs is 1. The fourth-order valence-corrected chi connectivity index (χ4v) is 7.08. The molecule has 0 amide bonds. The van der Waals surface area contributed by atoms with Crippen LogP contribution >= 0.6 is 22.9 Å². The molecule has 1 fully saturated rings. The van der Waals surface area contributed by atoms with Crippen LogP contribution in [0, 0.1) is 5.82 Å². The van der Waals surface area contributed by atoms with Crippen molar-refractivity contribution in [2.75, 3.05) is 6.54 Å². The number of hydrogen-bond acceptors (Lipinski definition) is 7. The Morgan fingerprint density at radius 2 is 1.93 bits per heavy atom. The van der Waals surface area contributed by atoms with Crippen LogP contribution in [0.2, 0.25) is 5.02 Å². The average Bonchev–Trinajstić information content (AvgIpc) is 3.69. The van der Waals surface area contributed by atoms with E-state index >= 15 is 0 Å². The minimum Gasteiger partial charge on any atom is -0.326 e. The smallest absolute Gasteiger partial charge is 0.326 e. The van der Waals surface area contributed by atoms with E-state index in [4.69, 9.17) is 16.6 Å². The van der Waals surface area contributed by atoms with Gasteiger partial charge in [0.1, 0.15) is 11.9 Å². The van der Waals surface area contributed by atoms with Crippen molar-refractivity contribution >= 4 is 44.4 Å². The van der Waals surface area contributed by atoms with Gasteiger partial charge in [0, 0.05) is 58.6 Å². The first kappa shape index (κ1) is 26.7. The van der Waals surface area contributed by atoms with Gasteiger partial charge < -0.3 is 4.90 Å². The summed E-state index contributed by atoms with van der Waals surface area (Å²) < 4.78 is 70.6. The molecule has 2 aromatic carbocycles. The van der Waals surface area contributed by atoms with Gasteiger partial charge in [-0.3, -0.25) is 4.99 Å². The van der Waals surface area contributed by atoms with Gasteiger partial charge in [-0.2, -0.15) is 13.9 Å². The number of halogens is 4. The number of hydrogen-bond donors (Lipinski definition) is 1. The number of nitrogens with one attached hydrogen (secondary N) is 1. The molecule has 2 atom stereocenters. The summed E-state index contributed by atoms with van der Waals surface area (Å²) >= 11 is 7.82. The van der Waals surface area contributed by atoms with Gasteiger partial charge in [0.2, 0.25) is 10.0 Å². The van der Waals surface area contributed by atoms with E-state index in [1.165, 1.54) is 41.7 Å². The van der Waals surface area contributed by atoms with Crippen molar-refractivity contribution in [2.45, 2.75) is 29.9 Å². The number of aliphatic imine (C=N–C) groups is 1. The van der Waals surface area contributed by atoms with E-state index in [0.29, 0.717) is 32.4 Å². The third-order valence-electron chi connectivity index (χ3n) is 6.60. The third-order valence-corrected chi connectivity index (χ3v) is 9.23. The Balaban J connectivity index is 1.50. The summed E-state index contributed by atoms with van der Waals surface area (Å²) in [6, 6.07) is 11.9. The Morgan fingerprint density at radius 3 is 2.60 bits per heavy atom. The number of sulfonamides is 1. The van der Waals surface area contributed by atoms with Crippen LogP contribution < -0.4 is 4.72 Å². The molecule has 0 unspecified atom stereocenters. The molecule has 6 rings (SSSR count). The first-order valence-corrected chi connectivity index (χ1v) is 14.8. The molecule has 14 heteroatoms. The summed E-state index contributed by atoms with van der Waals surface area (Å²) in [5.41, 5.74) is 1.76. The lowest BCUT2D eigenvalue weighted by Crippen LogP contribution is -2.39. The van der Waals surface area contributed by atoms with Crippen LogP contribution in [-0.2, 0) is 10.0 Å². The Labute approximate surface area is 236 Å².